The van der Waals surface area contributed by atoms with E-state index in [0.717, 1.165) is 37.4 Å². The predicted octanol–water partition coefficient (Wildman–Crippen LogP) is 2.57. The van der Waals surface area contributed by atoms with Crippen molar-refractivity contribution in [3.8, 4) is 5.75 Å². The Bertz CT molecular complexity index is 514. The largest absolute Gasteiger partial charge is 0.483 e. The Hall–Kier alpha value is -1.55. The molecule has 22 heavy (non-hydrogen) atoms. The number of carbonyl (C=O) groups excluding carboxylic acids is 1. The quantitative estimate of drug-likeness (QED) is 0.878. The van der Waals surface area contributed by atoms with Gasteiger partial charge in [0.1, 0.15) is 5.75 Å². The lowest BCUT2D eigenvalue weighted by molar-refractivity contribution is -0.132. The van der Waals surface area contributed by atoms with Crippen LogP contribution in [0.4, 0.5) is 0 Å². The molecule has 1 unspecified atom stereocenters. The maximum atomic E-state index is 12.3. The molecule has 0 radical (unpaired) electrons. The van der Waals surface area contributed by atoms with Gasteiger partial charge in [-0.15, -0.1) is 0 Å². The molecular weight excluding hydrogens is 276 g/mol. The van der Waals surface area contributed by atoms with Crippen LogP contribution in [0.15, 0.2) is 18.2 Å². The van der Waals surface area contributed by atoms with Crippen molar-refractivity contribution in [2.45, 2.75) is 33.1 Å². The summed E-state index contributed by atoms with van der Waals surface area (Å²) in [5.74, 6) is 1.94. The summed E-state index contributed by atoms with van der Waals surface area (Å²) < 4.78 is 5.79. The topological polar surface area (TPSA) is 41.6 Å². The Morgan fingerprint density at radius 1 is 1.45 bits per heavy atom. The predicted molar refractivity (Wildman–Crippen MR) is 89.4 cm³/mol. The van der Waals surface area contributed by atoms with E-state index in [-0.39, 0.29) is 12.5 Å². The molecule has 1 atom stereocenters. The van der Waals surface area contributed by atoms with Crippen LogP contribution in [0, 0.1) is 12.8 Å². The van der Waals surface area contributed by atoms with Gasteiger partial charge in [0.25, 0.3) is 5.91 Å². The summed E-state index contributed by atoms with van der Waals surface area (Å²) in [7, 11) is 1.96. The summed E-state index contributed by atoms with van der Waals surface area (Å²) in [6, 6.07) is 6.24. The molecule has 1 heterocycles. The third-order valence-electron chi connectivity index (χ3n) is 4.36. The SMILES string of the molecule is CNCC1CCN(C(=O)COc2cc(C(C)C)ccc2C)C1. The molecule has 0 aliphatic carbocycles. The van der Waals surface area contributed by atoms with E-state index in [2.05, 4.69) is 37.4 Å². The lowest BCUT2D eigenvalue weighted by Gasteiger charge is -2.18. The zero-order chi connectivity index (χ0) is 16.1. The van der Waals surface area contributed by atoms with Gasteiger partial charge in [0.2, 0.25) is 0 Å². The van der Waals surface area contributed by atoms with Crippen molar-refractivity contribution in [3.63, 3.8) is 0 Å². The minimum Gasteiger partial charge on any atom is -0.483 e. The molecule has 122 valence electrons. The molecule has 0 aromatic heterocycles. The summed E-state index contributed by atoms with van der Waals surface area (Å²) in [4.78, 5) is 14.2. The minimum atomic E-state index is 0.0907. The van der Waals surface area contributed by atoms with Gasteiger partial charge in [-0.05, 0) is 56.0 Å². The van der Waals surface area contributed by atoms with Crippen molar-refractivity contribution < 1.29 is 9.53 Å². The van der Waals surface area contributed by atoms with Crippen LogP contribution >= 0.6 is 0 Å². The lowest BCUT2D eigenvalue weighted by atomic mass is 10.0. The van der Waals surface area contributed by atoms with Crippen LogP contribution in [0.2, 0.25) is 0 Å². The fourth-order valence-corrected chi connectivity index (χ4v) is 2.88. The fourth-order valence-electron chi connectivity index (χ4n) is 2.88. The number of nitrogens with zero attached hydrogens (tertiary/aromatic N) is 1. The van der Waals surface area contributed by atoms with Gasteiger partial charge in [0, 0.05) is 13.1 Å². The van der Waals surface area contributed by atoms with Gasteiger partial charge in [-0.1, -0.05) is 26.0 Å². The first kappa shape index (κ1) is 16.8. The minimum absolute atomic E-state index is 0.0907. The van der Waals surface area contributed by atoms with Gasteiger partial charge in [-0.2, -0.15) is 0 Å². The van der Waals surface area contributed by atoms with Gasteiger partial charge in [-0.25, -0.2) is 0 Å². The number of amides is 1. The van der Waals surface area contributed by atoms with Crippen molar-refractivity contribution in [2.75, 3.05) is 33.3 Å². The zero-order valence-electron chi connectivity index (χ0n) is 14.2. The molecule has 4 nitrogen and oxygen atoms in total. The molecule has 1 aromatic carbocycles. The third-order valence-corrected chi connectivity index (χ3v) is 4.36. The Labute approximate surface area is 133 Å². The van der Waals surface area contributed by atoms with Crippen LogP contribution in [0.1, 0.15) is 37.3 Å². The van der Waals surface area contributed by atoms with Gasteiger partial charge in [0.15, 0.2) is 6.61 Å². The monoisotopic (exact) mass is 304 g/mol. The van der Waals surface area contributed by atoms with Gasteiger partial charge < -0.3 is 15.0 Å². The van der Waals surface area contributed by atoms with Crippen molar-refractivity contribution >= 4 is 5.91 Å². The standard InChI is InChI=1S/C18H28N2O2/c1-13(2)16-6-5-14(3)17(9-16)22-12-18(21)20-8-7-15(11-20)10-19-4/h5-6,9,13,15,19H,7-8,10-12H2,1-4H3. The number of benzene rings is 1. The first-order chi connectivity index (χ1) is 10.5. The highest BCUT2D eigenvalue weighted by molar-refractivity contribution is 5.78. The van der Waals surface area contributed by atoms with Crippen molar-refractivity contribution in [2.24, 2.45) is 5.92 Å². The number of carbonyl (C=O) groups is 1. The number of nitrogens with one attached hydrogen (secondary N) is 1. The first-order valence-electron chi connectivity index (χ1n) is 8.17. The Balaban J connectivity index is 1.90. The van der Waals surface area contributed by atoms with E-state index < -0.39 is 0 Å². The van der Waals surface area contributed by atoms with Crippen LogP contribution in [-0.4, -0.2) is 44.1 Å². The number of hydrogen-bond donors (Lipinski definition) is 1. The molecule has 4 heteroatoms. The van der Waals surface area contributed by atoms with Gasteiger partial charge >= 0.3 is 0 Å². The maximum Gasteiger partial charge on any atom is 0.260 e. The normalized spacial score (nSPS) is 18.0. The highest BCUT2D eigenvalue weighted by Crippen LogP contribution is 2.24. The molecule has 1 aliphatic heterocycles. The van der Waals surface area contributed by atoms with Crippen LogP contribution in [0.5, 0.6) is 5.75 Å². The van der Waals surface area contributed by atoms with E-state index >= 15 is 0 Å². The van der Waals surface area contributed by atoms with E-state index in [9.17, 15) is 4.79 Å². The third kappa shape index (κ3) is 4.23. The number of rotatable bonds is 6. The number of aryl methyl sites for hydroxylation is 1. The van der Waals surface area contributed by atoms with Crippen LogP contribution in [-0.2, 0) is 4.79 Å². The molecular formula is C18H28N2O2. The molecule has 1 amide bonds. The zero-order valence-corrected chi connectivity index (χ0v) is 14.2. The fraction of sp³-hybridized carbons (Fsp3) is 0.611. The lowest BCUT2D eigenvalue weighted by Crippen LogP contribution is -2.34. The molecule has 0 spiro atoms. The van der Waals surface area contributed by atoms with Gasteiger partial charge in [0.05, 0.1) is 0 Å². The summed E-state index contributed by atoms with van der Waals surface area (Å²) >= 11 is 0. The van der Waals surface area contributed by atoms with E-state index in [0.29, 0.717) is 11.8 Å². The first-order valence-corrected chi connectivity index (χ1v) is 8.17. The van der Waals surface area contributed by atoms with E-state index in [1.165, 1.54) is 5.56 Å². The number of ether oxygens (including phenoxy) is 1. The van der Waals surface area contributed by atoms with E-state index in [1.807, 2.05) is 18.9 Å². The van der Waals surface area contributed by atoms with Crippen molar-refractivity contribution in [3.05, 3.63) is 29.3 Å². The smallest absolute Gasteiger partial charge is 0.260 e. The van der Waals surface area contributed by atoms with Crippen LogP contribution in [0.3, 0.4) is 0 Å². The summed E-state index contributed by atoms with van der Waals surface area (Å²) in [5, 5.41) is 3.18. The molecule has 1 aliphatic rings. The summed E-state index contributed by atoms with van der Waals surface area (Å²) in [6.45, 7) is 9.13. The second-order valence-electron chi connectivity index (χ2n) is 6.52. The summed E-state index contributed by atoms with van der Waals surface area (Å²) in [6.07, 6.45) is 1.08. The maximum absolute atomic E-state index is 12.3. The average Bonchev–Trinajstić information content (AvgIpc) is 2.95. The Morgan fingerprint density at radius 2 is 2.23 bits per heavy atom. The van der Waals surface area contributed by atoms with E-state index in [1.54, 1.807) is 0 Å². The Morgan fingerprint density at radius 3 is 2.91 bits per heavy atom. The molecule has 1 fully saturated rings. The molecule has 2 rings (SSSR count). The molecule has 0 bridgehead atoms. The van der Waals surface area contributed by atoms with Gasteiger partial charge in [-0.3, -0.25) is 4.79 Å². The molecule has 0 saturated carbocycles. The highest BCUT2D eigenvalue weighted by Gasteiger charge is 2.25. The van der Waals surface area contributed by atoms with E-state index in [4.69, 9.17) is 4.74 Å². The number of likely N-dealkylation sites (tertiary alicyclic amines) is 1. The van der Waals surface area contributed by atoms with Crippen molar-refractivity contribution in [1.82, 2.24) is 10.2 Å². The summed E-state index contributed by atoms with van der Waals surface area (Å²) in [5.41, 5.74) is 2.31. The molecule has 1 saturated heterocycles. The van der Waals surface area contributed by atoms with Crippen LogP contribution < -0.4 is 10.1 Å². The highest BCUT2D eigenvalue weighted by atomic mass is 16.5. The average molecular weight is 304 g/mol. The van der Waals surface area contributed by atoms with Crippen LogP contribution in [0.25, 0.3) is 0 Å². The molecule has 1 aromatic rings. The second kappa shape index (κ2) is 7.63. The Kier molecular flexibility index (Phi) is 5.83. The van der Waals surface area contributed by atoms with Crippen molar-refractivity contribution in [1.29, 1.82) is 0 Å². The number of hydrogen-bond acceptors (Lipinski definition) is 3. The molecule has 1 N–H and O–H groups in total. The second-order valence-corrected chi connectivity index (χ2v) is 6.52.